The molecule has 1 aromatic rings. The maximum Gasteiger partial charge on any atom is 0.270 e. The number of benzene rings is 1. The van der Waals surface area contributed by atoms with Crippen LogP contribution in [0.25, 0.3) is 0 Å². The van der Waals surface area contributed by atoms with Crippen LogP contribution in [0.1, 0.15) is 16.8 Å². The molecule has 0 bridgehead atoms. The van der Waals surface area contributed by atoms with E-state index in [-0.39, 0.29) is 16.3 Å². The number of carbonyl (C=O) groups is 1. The number of hydrogen-bond acceptors (Lipinski definition) is 4. The van der Waals surface area contributed by atoms with Crippen molar-refractivity contribution in [3.8, 4) is 0 Å². The second-order valence-corrected chi connectivity index (χ2v) is 4.74. The van der Waals surface area contributed by atoms with E-state index >= 15 is 0 Å². The standard InChI is InChI=1S/C12H16ClN3O3/c1-15(2)7-3-6-14-12(17)10-8-9(16(18)19)4-5-11(10)13/h4-5,8H,3,6-7H2,1-2H3,(H,14,17). The molecule has 1 amide bonds. The van der Waals surface area contributed by atoms with Gasteiger partial charge >= 0.3 is 0 Å². The summed E-state index contributed by atoms with van der Waals surface area (Å²) in [6, 6.07) is 3.81. The van der Waals surface area contributed by atoms with Crippen molar-refractivity contribution in [2.24, 2.45) is 0 Å². The number of halogens is 1. The third kappa shape index (κ3) is 4.84. The first-order chi connectivity index (χ1) is 8.91. The Hall–Kier alpha value is -1.66. The van der Waals surface area contributed by atoms with Gasteiger partial charge in [0.05, 0.1) is 15.5 Å². The number of carbonyl (C=O) groups excluding carboxylic acids is 1. The summed E-state index contributed by atoms with van der Waals surface area (Å²) in [7, 11) is 3.89. The first-order valence-corrected chi connectivity index (χ1v) is 6.16. The molecule has 1 rings (SSSR count). The zero-order valence-corrected chi connectivity index (χ0v) is 11.6. The van der Waals surface area contributed by atoms with Crippen LogP contribution < -0.4 is 5.32 Å². The Morgan fingerprint density at radius 1 is 1.47 bits per heavy atom. The van der Waals surface area contributed by atoms with E-state index in [0.29, 0.717) is 6.54 Å². The van der Waals surface area contributed by atoms with Crippen molar-refractivity contribution in [1.82, 2.24) is 10.2 Å². The number of nitrogens with one attached hydrogen (secondary N) is 1. The van der Waals surface area contributed by atoms with Gasteiger partial charge in [0, 0.05) is 18.7 Å². The van der Waals surface area contributed by atoms with Gasteiger partial charge in [0.25, 0.3) is 11.6 Å². The van der Waals surface area contributed by atoms with E-state index in [1.54, 1.807) is 0 Å². The molecular weight excluding hydrogens is 270 g/mol. The van der Waals surface area contributed by atoms with Gasteiger partial charge in [0.2, 0.25) is 0 Å². The van der Waals surface area contributed by atoms with Crippen molar-refractivity contribution < 1.29 is 9.72 Å². The highest BCUT2D eigenvalue weighted by molar-refractivity contribution is 6.33. The Morgan fingerprint density at radius 2 is 2.16 bits per heavy atom. The van der Waals surface area contributed by atoms with E-state index in [1.165, 1.54) is 18.2 Å². The Morgan fingerprint density at radius 3 is 2.74 bits per heavy atom. The average Bonchev–Trinajstić information content (AvgIpc) is 2.34. The lowest BCUT2D eigenvalue weighted by atomic mass is 10.2. The predicted molar refractivity (Wildman–Crippen MR) is 73.6 cm³/mol. The summed E-state index contributed by atoms with van der Waals surface area (Å²) in [6.45, 7) is 1.35. The molecule has 0 aliphatic heterocycles. The van der Waals surface area contributed by atoms with E-state index in [2.05, 4.69) is 5.32 Å². The van der Waals surface area contributed by atoms with Crippen molar-refractivity contribution in [1.29, 1.82) is 0 Å². The van der Waals surface area contributed by atoms with Crippen LogP contribution in [0.5, 0.6) is 0 Å². The number of hydrogen-bond donors (Lipinski definition) is 1. The molecule has 1 N–H and O–H groups in total. The second kappa shape index (κ2) is 7.06. The van der Waals surface area contributed by atoms with Gasteiger partial charge in [-0.05, 0) is 33.1 Å². The van der Waals surface area contributed by atoms with Crippen LogP contribution >= 0.6 is 11.6 Å². The third-order valence-corrected chi connectivity index (χ3v) is 2.80. The fourth-order valence-electron chi connectivity index (χ4n) is 1.49. The van der Waals surface area contributed by atoms with Gasteiger partial charge in [-0.3, -0.25) is 14.9 Å². The smallest absolute Gasteiger partial charge is 0.270 e. The zero-order chi connectivity index (χ0) is 14.4. The SMILES string of the molecule is CN(C)CCCNC(=O)c1cc([N+](=O)[O-])ccc1Cl. The maximum atomic E-state index is 11.9. The monoisotopic (exact) mass is 285 g/mol. The molecule has 0 saturated carbocycles. The van der Waals surface area contributed by atoms with Crippen molar-refractivity contribution in [2.75, 3.05) is 27.2 Å². The first-order valence-electron chi connectivity index (χ1n) is 5.78. The van der Waals surface area contributed by atoms with Crippen LogP contribution in [0.4, 0.5) is 5.69 Å². The maximum absolute atomic E-state index is 11.9. The number of rotatable bonds is 6. The summed E-state index contributed by atoms with van der Waals surface area (Å²) in [5.41, 5.74) is -0.0245. The minimum absolute atomic E-state index is 0.126. The summed E-state index contributed by atoms with van der Waals surface area (Å²) < 4.78 is 0. The van der Waals surface area contributed by atoms with Crippen LogP contribution in [-0.2, 0) is 0 Å². The molecule has 0 heterocycles. The van der Waals surface area contributed by atoms with Crippen LogP contribution in [0, 0.1) is 10.1 Å². The lowest BCUT2D eigenvalue weighted by Gasteiger charge is -2.10. The molecule has 0 spiro atoms. The minimum Gasteiger partial charge on any atom is -0.352 e. The van der Waals surface area contributed by atoms with Crippen molar-refractivity contribution >= 4 is 23.2 Å². The Bertz CT molecular complexity index is 477. The van der Waals surface area contributed by atoms with Crippen LogP contribution in [0.2, 0.25) is 5.02 Å². The van der Waals surface area contributed by atoms with E-state index in [1.807, 2.05) is 19.0 Å². The molecular formula is C12H16ClN3O3. The zero-order valence-electron chi connectivity index (χ0n) is 10.9. The summed E-state index contributed by atoms with van der Waals surface area (Å²) in [5, 5.41) is 13.5. The fraction of sp³-hybridized carbons (Fsp3) is 0.417. The lowest BCUT2D eigenvalue weighted by Crippen LogP contribution is -2.27. The molecule has 0 atom stereocenters. The minimum atomic E-state index is -0.556. The molecule has 0 radical (unpaired) electrons. The number of amides is 1. The molecule has 104 valence electrons. The van der Waals surface area contributed by atoms with Crippen LogP contribution in [0.15, 0.2) is 18.2 Å². The third-order valence-electron chi connectivity index (χ3n) is 2.47. The first kappa shape index (κ1) is 15.4. The van der Waals surface area contributed by atoms with E-state index < -0.39 is 10.8 Å². The molecule has 19 heavy (non-hydrogen) atoms. The highest BCUT2D eigenvalue weighted by Gasteiger charge is 2.15. The Labute approximate surface area is 116 Å². The summed E-state index contributed by atoms with van der Waals surface area (Å²) >= 11 is 5.87. The van der Waals surface area contributed by atoms with Gasteiger partial charge in [-0.2, -0.15) is 0 Å². The van der Waals surface area contributed by atoms with Gasteiger partial charge in [-0.25, -0.2) is 0 Å². The number of nitrogens with zero attached hydrogens (tertiary/aromatic N) is 2. The van der Waals surface area contributed by atoms with E-state index in [9.17, 15) is 14.9 Å². The number of nitro groups is 1. The quantitative estimate of drug-likeness (QED) is 0.492. The normalized spacial score (nSPS) is 10.5. The number of nitro benzene ring substituents is 1. The molecule has 1 aromatic carbocycles. The van der Waals surface area contributed by atoms with Gasteiger partial charge in [0.1, 0.15) is 0 Å². The summed E-state index contributed by atoms with van der Waals surface area (Å²) in [6.07, 6.45) is 0.797. The van der Waals surface area contributed by atoms with Crippen LogP contribution in [0.3, 0.4) is 0 Å². The van der Waals surface area contributed by atoms with E-state index in [0.717, 1.165) is 13.0 Å². The van der Waals surface area contributed by atoms with Crippen molar-refractivity contribution in [3.63, 3.8) is 0 Å². The largest absolute Gasteiger partial charge is 0.352 e. The highest BCUT2D eigenvalue weighted by Crippen LogP contribution is 2.21. The predicted octanol–water partition coefficient (Wildman–Crippen LogP) is 1.93. The fourth-order valence-corrected chi connectivity index (χ4v) is 1.70. The Kier molecular flexibility index (Phi) is 5.72. The second-order valence-electron chi connectivity index (χ2n) is 4.33. The molecule has 0 aliphatic carbocycles. The molecule has 6 nitrogen and oxygen atoms in total. The van der Waals surface area contributed by atoms with Gasteiger partial charge in [-0.15, -0.1) is 0 Å². The average molecular weight is 286 g/mol. The topological polar surface area (TPSA) is 75.5 Å². The Balaban J connectivity index is 2.66. The molecule has 0 unspecified atom stereocenters. The highest BCUT2D eigenvalue weighted by atomic mass is 35.5. The molecule has 0 saturated heterocycles. The van der Waals surface area contributed by atoms with Crippen LogP contribution in [-0.4, -0.2) is 42.9 Å². The molecule has 0 fully saturated rings. The van der Waals surface area contributed by atoms with Gasteiger partial charge in [0.15, 0.2) is 0 Å². The summed E-state index contributed by atoms with van der Waals surface area (Å²) in [5.74, 6) is -0.396. The summed E-state index contributed by atoms with van der Waals surface area (Å²) in [4.78, 5) is 24.0. The van der Waals surface area contributed by atoms with E-state index in [4.69, 9.17) is 11.6 Å². The van der Waals surface area contributed by atoms with Gasteiger partial charge in [-0.1, -0.05) is 11.6 Å². The van der Waals surface area contributed by atoms with Crippen molar-refractivity contribution in [2.45, 2.75) is 6.42 Å². The molecule has 7 heteroatoms. The number of non-ortho nitro benzene ring substituents is 1. The molecule has 0 aliphatic rings. The van der Waals surface area contributed by atoms with Gasteiger partial charge < -0.3 is 10.2 Å². The van der Waals surface area contributed by atoms with Crippen molar-refractivity contribution in [3.05, 3.63) is 38.9 Å². The molecule has 0 aromatic heterocycles. The lowest BCUT2D eigenvalue weighted by molar-refractivity contribution is -0.384.